The van der Waals surface area contributed by atoms with Gasteiger partial charge in [0, 0.05) is 11.1 Å². The third kappa shape index (κ3) is 5.64. The van der Waals surface area contributed by atoms with E-state index in [0.29, 0.717) is 16.3 Å². The number of hydrogen-bond acceptors (Lipinski definition) is 6. The zero-order valence-electron chi connectivity index (χ0n) is 18.6. The number of nitriles is 1. The van der Waals surface area contributed by atoms with E-state index in [4.69, 9.17) is 14.5 Å². The molecule has 3 aromatic carbocycles. The number of hydrogen-bond donors (Lipinski definition) is 0. The lowest BCUT2D eigenvalue weighted by Gasteiger charge is -2.13. The highest BCUT2D eigenvalue weighted by molar-refractivity contribution is 7.99. The van der Waals surface area contributed by atoms with Gasteiger partial charge in [0.15, 0.2) is 0 Å². The van der Waals surface area contributed by atoms with Gasteiger partial charge in [-0.3, -0.25) is 4.79 Å². The summed E-state index contributed by atoms with van der Waals surface area (Å²) in [6.45, 7) is 0.208. The van der Waals surface area contributed by atoms with E-state index >= 15 is 0 Å². The number of carbonyl (C=O) groups is 1. The summed E-state index contributed by atoms with van der Waals surface area (Å²) in [5.74, 6) is 0.432. The molecule has 168 valence electrons. The average Bonchev–Trinajstić information content (AvgIpc) is 2.91. The topological polar surface area (TPSA) is 72.2 Å². The highest BCUT2D eigenvalue weighted by Gasteiger charge is 2.17. The molecule has 34 heavy (non-hydrogen) atoms. The number of aromatic nitrogens is 1. The molecule has 6 heteroatoms. The molecule has 5 nitrogen and oxygen atoms in total. The minimum absolute atomic E-state index is 0.0504. The van der Waals surface area contributed by atoms with Crippen molar-refractivity contribution >= 4 is 17.7 Å². The maximum atomic E-state index is 12.4. The van der Waals surface area contributed by atoms with E-state index in [0.717, 1.165) is 28.0 Å². The summed E-state index contributed by atoms with van der Waals surface area (Å²) in [6, 6.07) is 31.0. The fourth-order valence-electron chi connectivity index (χ4n) is 3.40. The first kappa shape index (κ1) is 23.1. The minimum atomic E-state index is -0.365. The molecule has 0 aliphatic rings. The summed E-state index contributed by atoms with van der Waals surface area (Å²) in [5.41, 5.74) is 4.62. The molecule has 0 aliphatic carbocycles. The van der Waals surface area contributed by atoms with E-state index < -0.39 is 0 Å². The van der Waals surface area contributed by atoms with Gasteiger partial charge in [0.25, 0.3) is 0 Å². The summed E-state index contributed by atoms with van der Waals surface area (Å²) in [4.78, 5) is 17.1. The maximum absolute atomic E-state index is 12.4. The summed E-state index contributed by atoms with van der Waals surface area (Å²) in [6.07, 6.45) is 0. The number of thioether (sulfide) groups is 1. The molecule has 0 fully saturated rings. The molecule has 0 N–H and O–H groups in total. The standard InChI is InChI=1S/C28H22N2O3S/c1-32-23-14-12-22(13-15-23)26-16-24(21-10-6-3-7-11-21)25(17-29)28(30-26)34-19-27(31)33-18-20-8-4-2-5-9-20/h2-16H,18-19H2,1H3. The molecule has 1 aromatic heterocycles. The molecule has 4 aromatic rings. The van der Waals surface area contributed by atoms with Gasteiger partial charge in [0.05, 0.1) is 24.1 Å². The van der Waals surface area contributed by atoms with Gasteiger partial charge in [-0.25, -0.2) is 4.98 Å². The summed E-state index contributed by atoms with van der Waals surface area (Å²) < 4.78 is 10.7. The van der Waals surface area contributed by atoms with Crippen molar-refractivity contribution in [2.75, 3.05) is 12.9 Å². The van der Waals surface area contributed by atoms with Crippen molar-refractivity contribution in [3.05, 3.63) is 102 Å². The Kier molecular flexibility index (Phi) is 7.59. The Hall–Kier alpha value is -4.08. The van der Waals surface area contributed by atoms with Gasteiger partial charge >= 0.3 is 5.97 Å². The lowest BCUT2D eigenvalue weighted by atomic mass is 9.99. The Morgan fingerprint density at radius 3 is 2.26 bits per heavy atom. The second-order valence-corrected chi connectivity index (χ2v) is 8.34. The minimum Gasteiger partial charge on any atom is -0.497 e. The molecule has 0 atom stereocenters. The van der Waals surface area contributed by atoms with E-state index in [-0.39, 0.29) is 18.3 Å². The molecular weight excluding hydrogens is 444 g/mol. The number of benzene rings is 3. The highest BCUT2D eigenvalue weighted by Crippen LogP contribution is 2.34. The lowest BCUT2D eigenvalue weighted by Crippen LogP contribution is -2.08. The second kappa shape index (κ2) is 11.2. The van der Waals surface area contributed by atoms with Crippen LogP contribution in [-0.4, -0.2) is 23.8 Å². The first-order valence-corrected chi connectivity index (χ1v) is 11.6. The van der Waals surface area contributed by atoms with Gasteiger partial charge in [-0.1, -0.05) is 72.4 Å². The Labute approximate surface area is 203 Å². The van der Waals surface area contributed by atoms with Crippen LogP contribution in [0.1, 0.15) is 11.1 Å². The van der Waals surface area contributed by atoms with Crippen molar-refractivity contribution < 1.29 is 14.3 Å². The number of methoxy groups -OCH3 is 1. The number of esters is 1. The van der Waals surface area contributed by atoms with E-state index in [9.17, 15) is 10.1 Å². The molecule has 0 saturated heterocycles. The summed E-state index contributed by atoms with van der Waals surface area (Å²) in [7, 11) is 1.62. The fraction of sp³-hybridized carbons (Fsp3) is 0.107. The van der Waals surface area contributed by atoms with Crippen LogP contribution in [0.3, 0.4) is 0 Å². The van der Waals surface area contributed by atoms with Gasteiger partial charge in [0.1, 0.15) is 23.5 Å². The fourth-order valence-corrected chi connectivity index (χ4v) is 4.20. The lowest BCUT2D eigenvalue weighted by molar-refractivity contribution is -0.141. The summed E-state index contributed by atoms with van der Waals surface area (Å²) in [5, 5.41) is 10.5. The monoisotopic (exact) mass is 466 g/mol. The molecule has 0 saturated carbocycles. The van der Waals surface area contributed by atoms with Crippen molar-refractivity contribution in [1.29, 1.82) is 5.26 Å². The number of pyridine rings is 1. The molecule has 1 heterocycles. The molecule has 0 radical (unpaired) electrons. The third-order valence-electron chi connectivity index (χ3n) is 5.14. The molecule has 4 rings (SSSR count). The SMILES string of the molecule is COc1ccc(-c2cc(-c3ccccc3)c(C#N)c(SCC(=O)OCc3ccccc3)n2)cc1. The van der Waals surface area contributed by atoms with Crippen LogP contribution in [0.5, 0.6) is 5.75 Å². The first-order valence-electron chi connectivity index (χ1n) is 10.7. The van der Waals surface area contributed by atoms with E-state index in [2.05, 4.69) is 6.07 Å². The zero-order valence-corrected chi connectivity index (χ0v) is 19.4. The molecule has 0 spiro atoms. The Morgan fingerprint density at radius 1 is 0.941 bits per heavy atom. The number of ether oxygens (including phenoxy) is 2. The van der Waals surface area contributed by atoms with Crippen molar-refractivity contribution in [1.82, 2.24) is 4.98 Å². The number of rotatable bonds is 8. The van der Waals surface area contributed by atoms with Crippen LogP contribution in [0.2, 0.25) is 0 Å². The Morgan fingerprint density at radius 2 is 1.62 bits per heavy atom. The van der Waals surface area contributed by atoms with Gasteiger partial charge in [-0.2, -0.15) is 5.26 Å². The molecule has 0 amide bonds. The Balaban J connectivity index is 1.63. The highest BCUT2D eigenvalue weighted by atomic mass is 32.2. The van der Waals surface area contributed by atoms with E-state index in [1.54, 1.807) is 7.11 Å². The third-order valence-corrected chi connectivity index (χ3v) is 6.09. The van der Waals surface area contributed by atoms with Crippen LogP contribution >= 0.6 is 11.8 Å². The van der Waals surface area contributed by atoms with Crippen LogP contribution in [0, 0.1) is 11.3 Å². The van der Waals surface area contributed by atoms with Crippen molar-refractivity contribution in [3.63, 3.8) is 0 Å². The van der Waals surface area contributed by atoms with E-state index in [1.165, 1.54) is 11.8 Å². The predicted octanol–water partition coefficient (Wildman–Crippen LogP) is 6.13. The largest absolute Gasteiger partial charge is 0.497 e. The summed E-state index contributed by atoms with van der Waals surface area (Å²) >= 11 is 1.21. The maximum Gasteiger partial charge on any atom is 0.316 e. The zero-order chi connectivity index (χ0) is 23.8. The van der Waals surface area contributed by atoms with Crippen LogP contribution in [0.25, 0.3) is 22.4 Å². The molecule has 0 bridgehead atoms. The van der Waals surface area contributed by atoms with Gasteiger partial charge in [0.2, 0.25) is 0 Å². The van der Waals surface area contributed by atoms with Crippen molar-refractivity contribution in [2.45, 2.75) is 11.6 Å². The quantitative estimate of drug-likeness (QED) is 0.230. The number of carbonyl (C=O) groups excluding carboxylic acids is 1. The van der Waals surface area contributed by atoms with Gasteiger partial charge in [-0.15, -0.1) is 0 Å². The van der Waals surface area contributed by atoms with Crippen LogP contribution in [0.15, 0.2) is 96.0 Å². The molecule has 0 unspecified atom stereocenters. The van der Waals surface area contributed by atoms with Crippen molar-refractivity contribution in [3.8, 4) is 34.2 Å². The van der Waals surface area contributed by atoms with Gasteiger partial charge < -0.3 is 9.47 Å². The van der Waals surface area contributed by atoms with Crippen LogP contribution in [-0.2, 0) is 16.1 Å². The molecule has 0 aliphatic heterocycles. The van der Waals surface area contributed by atoms with Gasteiger partial charge in [-0.05, 0) is 41.5 Å². The number of nitrogens with zero attached hydrogens (tertiary/aromatic N) is 2. The predicted molar refractivity (Wildman–Crippen MR) is 133 cm³/mol. The molecular formula is C28H22N2O3S. The Bertz CT molecular complexity index is 1300. The van der Waals surface area contributed by atoms with Crippen molar-refractivity contribution in [2.24, 2.45) is 0 Å². The average molecular weight is 467 g/mol. The second-order valence-electron chi connectivity index (χ2n) is 7.38. The normalized spacial score (nSPS) is 10.4. The smallest absolute Gasteiger partial charge is 0.316 e. The van der Waals surface area contributed by atoms with Crippen LogP contribution < -0.4 is 4.74 Å². The first-order chi connectivity index (χ1) is 16.7. The van der Waals surface area contributed by atoms with Crippen LogP contribution in [0.4, 0.5) is 0 Å². The van der Waals surface area contributed by atoms with E-state index in [1.807, 2.05) is 91.0 Å².